The Hall–Kier alpha value is -2.00. The molecule has 2 aromatic carbocycles. The predicted octanol–water partition coefficient (Wildman–Crippen LogP) is 3.83. The third-order valence-corrected chi connectivity index (χ3v) is 4.76. The van der Waals surface area contributed by atoms with Crippen molar-refractivity contribution in [2.24, 2.45) is 11.1 Å². The Balaban J connectivity index is 1.61. The first-order valence-corrected chi connectivity index (χ1v) is 8.32. The molecule has 122 valence electrons. The molecule has 0 saturated carbocycles. The van der Waals surface area contributed by atoms with Gasteiger partial charge >= 0.3 is 0 Å². The quantitative estimate of drug-likeness (QED) is 0.933. The molecule has 1 unspecified atom stereocenters. The zero-order chi connectivity index (χ0) is 16.3. The fourth-order valence-electron chi connectivity index (χ4n) is 3.09. The Labute approximate surface area is 139 Å². The second-order valence-corrected chi connectivity index (χ2v) is 7.07. The summed E-state index contributed by atoms with van der Waals surface area (Å²) in [7, 11) is 0. The zero-order valence-electron chi connectivity index (χ0n) is 14.0. The van der Waals surface area contributed by atoms with Crippen molar-refractivity contribution in [3.63, 3.8) is 0 Å². The molecule has 3 rings (SSSR count). The largest absolute Gasteiger partial charge is 0.489 e. The number of hydrogen-bond donors (Lipinski definition) is 1. The van der Waals surface area contributed by atoms with E-state index in [0.29, 0.717) is 6.61 Å². The van der Waals surface area contributed by atoms with Gasteiger partial charge in [-0.2, -0.15) is 0 Å². The Morgan fingerprint density at radius 3 is 2.43 bits per heavy atom. The van der Waals surface area contributed by atoms with E-state index in [2.05, 4.69) is 55.1 Å². The van der Waals surface area contributed by atoms with Crippen molar-refractivity contribution in [1.82, 2.24) is 0 Å². The molecule has 1 fully saturated rings. The molecule has 23 heavy (non-hydrogen) atoms. The molecular weight excluding hydrogens is 284 g/mol. The van der Waals surface area contributed by atoms with Crippen LogP contribution in [0.5, 0.6) is 5.75 Å². The molecule has 2 N–H and O–H groups in total. The number of hydrogen-bond acceptors (Lipinski definition) is 3. The highest BCUT2D eigenvalue weighted by Crippen LogP contribution is 2.31. The minimum atomic E-state index is 0.154. The Morgan fingerprint density at radius 1 is 1.09 bits per heavy atom. The van der Waals surface area contributed by atoms with E-state index in [9.17, 15) is 0 Å². The molecule has 0 amide bonds. The summed E-state index contributed by atoms with van der Waals surface area (Å²) in [6, 6.07) is 18.9. The van der Waals surface area contributed by atoms with Gasteiger partial charge < -0.3 is 15.4 Å². The number of benzene rings is 2. The van der Waals surface area contributed by atoms with Crippen LogP contribution in [0.3, 0.4) is 0 Å². The molecule has 1 atom stereocenters. The van der Waals surface area contributed by atoms with Gasteiger partial charge in [-0.1, -0.05) is 44.2 Å². The molecule has 1 saturated heterocycles. The van der Waals surface area contributed by atoms with Crippen LogP contribution in [-0.2, 0) is 6.61 Å². The molecule has 1 heterocycles. The molecule has 2 aromatic rings. The minimum Gasteiger partial charge on any atom is -0.489 e. The van der Waals surface area contributed by atoms with Crippen molar-refractivity contribution < 1.29 is 4.74 Å². The molecule has 1 aliphatic heterocycles. The molecule has 0 bridgehead atoms. The van der Waals surface area contributed by atoms with Crippen molar-refractivity contribution in [2.75, 3.05) is 18.0 Å². The highest BCUT2D eigenvalue weighted by molar-refractivity contribution is 5.50. The first kappa shape index (κ1) is 15.9. The van der Waals surface area contributed by atoms with E-state index in [-0.39, 0.29) is 11.5 Å². The van der Waals surface area contributed by atoms with Gasteiger partial charge in [0.05, 0.1) is 0 Å². The van der Waals surface area contributed by atoms with Gasteiger partial charge in [-0.05, 0) is 41.7 Å². The zero-order valence-corrected chi connectivity index (χ0v) is 14.0. The SMILES string of the molecule is CC1(C)CN(c2ccc(OCc3ccccc3)cc2)CCC1N. The van der Waals surface area contributed by atoms with Gasteiger partial charge in [0.15, 0.2) is 0 Å². The van der Waals surface area contributed by atoms with Crippen LogP contribution in [0, 0.1) is 5.41 Å². The summed E-state index contributed by atoms with van der Waals surface area (Å²) in [6.45, 7) is 7.13. The Bertz CT molecular complexity index is 622. The highest BCUT2D eigenvalue weighted by atomic mass is 16.5. The molecule has 0 aliphatic carbocycles. The monoisotopic (exact) mass is 310 g/mol. The van der Waals surface area contributed by atoms with Crippen LogP contribution in [0.1, 0.15) is 25.8 Å². The first-order valence-electron chi connectivity index (χ1n) is 8.32. The lowest BCUT2D eigenvalue weighted by Gasteiger charge is -2.43. The summed E-state index contributed by atoms with van der Waals surface area (Å²) in [5, 5.41) is 0. The van der Waals surface area contributed by atoms with Gasteiger partial charge in [-0.15, -0.1) is 0 Å². The normalized spacial score (nSPS) is 20.3. The first-order chi connectivity index (χ1) is 11.0. The predicted molar refractivity (Wildman–Crippen MR) is 95.8 cm³/mol. The van der Waals surface area contributed by atoms with Crippen LogP contribution in [-0.4, -0.2) is 19.1 Å². The van der Waals surface area contributed by atoms with Gasteiger partial charge in [0.1, 0.15) is 12.4 Å². The van der Waals surface area contributed by atoms with E-state index in [0.717, 1.165) is 25.3 Å². The minimum absolute atomic E-state index is 0.154. The van der Waals surface area contributed by atoms with E-state index in [1.807, 2.05) is 18.2 Å². The number of rotatable bonds is 4. The van der Waals surface area contributed by atoms with Crippen molar-refractivity contribution in [1.29, 1.82) is 0 Å². The van der Waals surface area contributed by atoms with Gasteiger partial charge in [-0.25, -0.2) is 0 Å². The van der Waals surface area contributed by atoms with Crippen molar-refractivity contribution in [3.8, 4) is 5.75 Å². The summed E-state index contributed by atoms with van der Waals surface area (Å²) < 4.78 is 5.85. The second kappa shape index (κ2) is 6.63. The van der Waals surface area contributed by atoms with E-state index in [1.54, 1.807) is 0 Å². The molecular formula is C20H26N2O. The molecule has 3 heteroatoms. The average Bonchev–Trinajstić information content (AvgIpc) is 2.57. The third kappa shape index (κ3) is 3.85. The number of piperidine rings is 1. The summed E-state index contributed by atoms with van der Waals surface area (Å²) in [4.78, 5) is 2.42. The smallest absolute Gasteiger partial charge is 0.119 e. The maximum atomic E-state index is 6.23. The summed E-state index contributed by atoms with van der Waals surface area (Å²) in [5.41, 5.74) is 8.81. The van der Waals surface area contributed by atoms with E-state index >= 15 is 0 Å². The molecule has 0 aromatic heterocycles. The van der Waals surface area contributed by atoms with Crippen LogP contribution in [0.2, 0.25) is 0 Å². The lowest BCUT2D eigenvalue weighted by atomic mass is 9.79. The van der Waals surface area contributed by atoms with Gasteiger partial charge in [-0.3, -0.25) is 0 Å². The maximum absolute atomic E-state index is 6.23. The summed E-state index contributed by atoms with van der Waals surface area (Å²) in [6.07, 6.45) is 1.04. The molecule has 1 aliphatic rings. The lowest BCUT2D eigenvalue weighted by Crippen LogP contribution is -2.52. The topological polar surface area (TPSA) is 38.5 Å². The van der Waals surface area contributed by atoms with Crippen LogP contribution >= 0.6 is 0 Å². The third-order valence-electron chi connectivity index (χ3n) is 4.76. The fraction of sp³-hybridized carbons (Fsp3) is 0.400. The van der Waals surface area contributed by atoms with E-state index in [1.165, 1.54) is 11.3 Å². The van der Waals surface area contributed by atoms with Crippen LogP contribution in [0.15, 0.2) is 54.6 Å². The van der Waals surface area contributed by atoms with Gasteiger partial charge in [0.25, 0.3) is 0 Å². The number of ether oxygens (including phenoxy) is 1. The summed E-state index contributed by atoms with van der Waals surface area (Å²) in [5.74, 6) is 0.908. The molecule has 0 spiro atoms. The maximum Gasteiger partial charge on any atom is 0.119 e. The van der Waals surface area contributed by atoms with E-state index < -0.39 is 0 Å². The fourth-order valence-corrected chi connectivity index (χ4v) is 3.09. The average molecular weight is 310 g/mol. The van der Waals surface area contributed by atoms with Crippen LogP contribution in [0.25, 0.3) is 0 Å². The van der Waals surface area contributed by atoms with Crippen molar-refractivity contribution in [2.45, 2.75) is 32.9 Å². The van der Waals surface area contributed by atoms with Gasteiger partial charge in [0.2, 0.25) is 0 Å². The standard InChI is InChI=1S/C20H26N2O/c1-20(2)15-22(13-12-19(20)21)17-8-10-18(11-9-17)23-14-16-6-4-3-5-7-16/h3-11,19H,12-15,21H2,1-2H3. The number of nitrogens with zero attached hydrogens (tertiary/aromatic N) is 1. The number of anilines is 1. The summed E-state index contributed by atoms with van der Waals surface area (Å²) >= 11 is 0. The highest BCUT2D eigenvalue weighted by Gasteiger charge is 2.33. The van der Waals surface area contributed by atoms with Gasteiger partial charge in [0, 0.05) is 24.8 Å². The van der Waals surface area contributed by atoms with E-state index in [4.69, 9.17) is 10.5 Å². The van der Waals surface area contributed by atoms with Crippen LogP contribution in [0.4, 0.5) is 5.69 Å². The van der Waals surface area contributed by atoms with Crippen molar-refractivity contribution in [3.05, 3.63) is 60.2 Å². The number of nitrogens with two attached hydrogens (primary N) is 1. The Morgan fingerprint density at radius 2 is 1.78 bits per heavy atom. The second-order valence-electron chi connectivity index (χ2n) is 7.07. The van der Waals surface area contributed by atoms with Crippen LogP contribution < -0.4 is 15.4 Å². The molecule has 0 radical (unpaired) electrons. The Kier molecular flexibility index (Phi) is 4.58. The lowest BCUT2D eigenvalue weighted by molar-refractivity contribution is 0.245. The van der Waals surface area contributed by atoms with Crippen molar-refractivity contribution >= 4 is 5.69 Å². The molecule has 3 nitrogen and oxygen atoms in total.